The van der Waals surface area contributed by atoms with Crippen molar-refractivity contribution in [3.8, 4) is 6.07 Å². The Bertz CT molecular complexity index is 343. The topological polar surface area (TPSA) is 49.6 Å². The van der Waals surface area contributed by atoms with Crippen molar-refractivity contribution in [3.05, 3.63) is 23.8 Å². The van der Waals surface area contributed by atoms with Gasteiger partial charge < -0.3 is 0 Å². The van der Waals surface area contributed by atoms with Gasteiger partial charge in [0.05, 0.1) is 11.8 Å². The second-order valence-electron chi connectivity index (χ2n) is 3.36. The van der Waals surface area contributed by atoms with Crippen LogP contribution in [0.2, 0.25) is 0 Å². The molecule has 1 aromatic rings. The zero-order valence-corrected chi connectivity index (χ0v) is 8.99. The normalized spacial score (nSPS) is 12.5. The van der Waals surface area contributed by atoms with Gasteiger partial charge in [-0.2, -0.15) is 5.26 Å². The SMILES string of the molecule is CC(C)c1cc(C(C#N)CCl)ncn1. The molecule has 0 amide bonds. The molecule has 1 aromatic heterocycles. The van der Waals surface area contributed by atoms with Crippen LogP contribution in [-0.4, -0.2) is 15.8 Å². The van der Waals surface area contributed by atoms with Gasteiger partial charge >= 0.3 is 0 Å². The van der Waals surface area contributed by atoms with Gasteiger partial charge in [-0.3, -0.25) is 0 Å². The molecule has 0 radical (unpaired) electrons. The third-order valence-corrected chi connectivity index (χ3v) is 2.28. The summed E-state index contributed by atoms with van der Waals surface area (Å²) in [5.41, 5.74) is 1.65. The minimum atomic E-state index is -0.336. The molecule has 0 aliphatic carbocycles. The van der Waals surface area contributed by atoms with Crippen LogP contribution in [-0.2, 0) is 0 Å². The largest absolute Gasteiger partial charge is 0.241 e. The molecule has 1 atom stereocenters. The molecule has 0 bridgehead atoms. The Kier molecular flexibility index (Phi) is 3.84. The molecule has 0 saturated heterocycles. The quantitative estimate of drug-likeness (QED) is 0.719. The Hall–Kier alpha value is -1.14. The molecule has 74 valence electrons. The van der Waals surface area contributed by atoms with E-state index in [1.165, 1.54) is 6.33 Å². The molecule has 0 fully saturated rings. The minimum Gasteiger partial charge on any atom is -0.241 e. The summed E-state index contributed by atoms with van der Waals surface area (Å²) in [7, 11) is 0. The van der Waals surface area contributed by atoms with E-state index in [0.717, 1.165) is 5.69 Å². The number of hydrogen-bond donors (Lipinski definition) is 0. The summed E-state index contributed by atoms with van der Waals surface area (Å²) < 4.78 is 0. The van der Waals surface area contributed by atoms with E-state index in [4.69, 9.17) is 16.9 Å². The Morgan fingerprint density at radius 2 is 2.07 bits per heavy atom. The first-order valence-corrected chi connectivity index (χ1v) is 5.00. The Morgan fingerprint density at radius 1 is 1.43 bits per heavy atom. The van der Waals surface area contributed by atoms with Crippen molar-refractivity contribution in [1.82, 2.24) is 9.97 Å². The second kappa shape index (κ2) is 4.92. The molecule has 0 N–H and O–H groups in total. The van der Waals surface area contributed by atoms with Gasteiger partial charge in [-0.05, 0) is 12.0 Å². The van der Waals surface area contributed by atoms with Crippen molar-refractivity contribution in [2.24, 2.45) is 0 Å². The van der Waals surface area contributed by atoms with Crippen LogP contribution in [0.5, 0.6) is 0 Å². The molecule has 1 heterocycles. The predicted molar refractivity (Wildman–Crippen MR) is 55.2 cm³/mol. The van der Waals surface area contributed by atoms with Crippen LogP contribution in [0.1, 0.15) is 37.1 Å². The van der Waals surface area contributed by atoms with E-state index in [0.29, 0.717) is 11.6 Å². The molecular weight excluding hydrogens is 198 g/mol. The van der Waals surface area contributed by atoms with Crippen molar-refractivity contribution >= 4 is 11.6 Å². The lowest BCUT2D eigenvalue weighted by atomic mass is 10.0. The first-order valence-electron chi connectivity index (χ1n) is 4.46. The summed E-state index contributed by atoms with van der Waals surface area (Å²) in [5, 5.41) is 8.81. The van der Waals surface area contributed by atoms with Crippen LogP contribution >= 0.6 is 11.6 Å². The van der Waals surface area contributed by atoms with Crippen LogP contribution in [0, 0.1) is 11.3 Å². The van der Waals surface area contributed by atoms with Crippen molar-refractivity contribution in [3.63, 3.8) is 0 Å². The van der Waals surface area contributed by atoms with Crippen LogP contribution in [0.15, 0.2) is 12.4 Å². The van der Waals surface area contributed by atoms with Gasteiger partial charge in [0.15, 0.2) is 0 Å². The van der Waals surface area contributed by atoms with Crippen molar-refractivity contribution < 1.29 is 0 Å². The van der Waals surface area contributed by atoms with E-state index >= 15 is 0 Å². The van der Waals surface area contributed by atoms with Crippen molar-refractivity contribution in [1.29, 1.82) is 5.26 Å². The summed E-state index contributed by atoms with van der Waals surface area (Å²) in [6, 6.07) is 3.96. The fourth-order valence-electron chi connectivity index (χ4n) is 1.07. The van der Waals surface area contributed by atoms with Crippen LogP contribution in [0.3, 0.4) is 0 Å². The minimum absolute atomic E-state index is 0.269. The molecule has 4 heteroatoms. The molecule has 14 heavy (non-hydrogen) atoms. The molecule has 1 rings (SSSR count). The highest BCUT2D eigenvalue weighted by atomic mass is 35.5. The smallest absolute Gasteiger partial charge is 0.115 e. The Labute approximate surface area is 88.8 Å². The van der Waals surface area contributed by atoms with E-state index in [1.807, 2.05) is 19.9 Å². The van der Waals surface area contributed by atoms with Crippen molar-refractivity contribution in [2.45, 2.75) is 25.7 Å². The van der Waals surface area contributed by atoms with Crippen LogP contribution in [0.4, 0.5) is 0 Å². The highest BCUT2D eigenvalue weighted by Gasteiger charge is 2.12. The van der Waals surface area contributed by atoms with Gasteiger partial charge in [0.2, 0.25) is 0 Å². The van der Waals surface area contributed by atoms with E-state index in [1.54, 1.807) is 0 Å². The Morgan fingerprint density at radius 3 is 2.57 bits per heavy atom. The third-order valence-electron chi connectivity index (χ3n) is 1.97. The fraction of sp³-hybridized carbons (Fsp3) is 0.500. The number of alkyl halides is 1. The second-order valence-corrected chi connectivity index (χ2v) is 3.67. The summed E-state index contributed by atoms with van der Waals surface area (Å²) in [5.74, 6) is 0.272. The lowest BCUT2D eigenvalue weighted by molar-refractivity contribution is 0.793. The zero-order chi connectivity index (χ0) is 10.6. The summed E-state index contributed by atoms with van der Waals surface area (Å²) in [4.78, 5) is 8.17. The molecule has 0 saturated carbocycles. The van der Waals surface area contributed by atoms with Gasteiger partial charge in [0.1, 0.15) is 12.2 Å². The van der Waals surface area contributed by atoms with E-state index in [9.17, 15) is 0 Å². The molecule has 0 spiro atoms. The number of nitrogens with zero attached hydrogens (tertiary/aromatic N) is 3. The number of halogens is 1. The zero-order valence-electron chi connectivity index (χ0n) is 8.24. The van der Waals surface area contributed by atoms with Crippen LogP contribution < -0.4 is 0 Å². The van der Waals surface area contributed by atoms with Gasteiger partial charge in [0, 0.05) is 11.6 Å². The monoisotopic (exact) mass is 209 g/mol. The van der Waals surface area contributed by atoms with Crippen molar-refractivity contribution in [2.75, 3.05) is 5.88 Å². The molecule has 3 nitrogen and oxygen atoms in total. The standard InChI is InChI=1S/C10H12ClN3/c1-7(2)9-3-10(14-6-13-9)8(4-11)5-12/h3,6-8H,4H2,1-2H3. The highest BCUT2D eigenvalue weighted by Crippen LogP contribution is 2.17. The first-order chi connectivity index (χ1) is 6.69. The lowest BCUT2D eigenvalue weighted by Gasteiger charge is -2.07. The predicted octanol–water partition coefficient (Wildman–Crippen LogP) is 2.45. The van der Waals surface area contributed by atoms with Gasteiger partial charge in [-0.15, -0.1) is 11.6 Å². The van der Waals surface area contributed by atoms with E-state index in [2.05, 4.69) is 16.0 Å². The number of aromatic nitrogens is 2. The number of rotatable bonds is 3. The molecule has 1 unspecified atom stereocenters. The van der Waals surface area contributed by atoms with Gasteiger partial charge in [-0.1, -0.05) is 13.8 Å². The highest BCUT2D eigenvalue weighted by molar-refractivity contribution is 6.18. The van der Waals surface area contributed by atoms with Gasteiger partial charge in [-0.25, -0.2) is 9.97 Å². The lowest BCUT2D eigenvalue weighted by Crippen LogP contribution is -2.03. The number of hydrogen-bond acceptors (Lipinski definition) is 3. The third kappa shape index (κ3) is 2.43. The summed E-state index contributed by atoms with van der Waals surface area (Å²) >= 11 is 5.65. The first kappa shape index (κ1) is 10.9. The summed E-state index contributed by atoms with van der Waals surface area (Å²) in [6.45, 7) is 4.10. The Balaban J connectivity index is 3.00. The van der Waals surface area contributed by atoms with E-state index in [-0.39, 0.29) is 11.8 Å². The van der Waals surface area contributed by atoms with Gasteiger partial charge in [0.25, 0.3) is 0 Å². The van der Waals surface area contributed by atoms with Crippen LogP contribution in [0.25, 0.3) is 0 Å². The number of nitriles is 1. The average molecular weight is 210 g/mol. The molecule has 0 aromatic carbocycles. The fourth-order valence-corrected chi connectivity index (χ4v) is 1.30. The molecule has 0 aliphatic rings. The summed E-state index contributed by atoms with van der Waals surface area (Å²) in [6.07, 6.45) is 1.49. The maximum Gasteiger partial charge on any atom is 0.115 e. The molecular formula is C10H12ClN3. The van der Waals surface area contributed by atoms with E-state index < -0.39 is 0 Å². The average Bonchev–Trinajstić information content (AvgIpc) is 2.20. The maximum absolute atomic E-state index is 8.81. The maximum atomic E-state index is 8.81. The molecule has 0 aliphatic heterocycles.